The van der Waals surface area contributed by atoms with Gasteiger partial charge in [0, 0.05) is 24.1 Å². The van der Waals surface area contributed by atoms with Crippen molar-refractivity contribution in [2.75, 3.05) is 23.0 Å². The number of hydrogen-bond acceptors (Lipinski definition) is 6. The Labute approximate surface area is 237 Å². The fraction of sp³-hybridized carbons (Fsp3) is 0.121. The van der Waals surface area contributed by atoms with Crippen molar-refractivity contribution in [1.29, 1.82) is 0 Å². The topological polar surface area (TPSA) is 96.4 Å². The predicted molar refractivity (Wildman–Crippen MR) is 156 cm³/mol. The Bertz CT molecular complexity index is 1560. The molecule has 0 saturated heterocycles. The lowest BCUT2D eigenvalue weighted by Crippen LogP contribution is -2.33. The number of hydrogen-bond donors (Lipinski definition) is 1. The molecule has 2 aliphatic rings. The molecule has 3 aromatic carbocycles. The average molecular weight is 549 g/mol. The second kappa shape index (κ2) is 11.9. The van der Waals surface area contributed by atoms with E-state index in [1.165, 1.54) is 29.2 Å². The van der Waals surface area contributed by atoms with E-state index in [4.69, 9.17) is 9.47 Å². The minimum Gasteiger partial charge on any atom is -0.487 e. The molecule has 0 radical (unpaired) electrons. The van der Waals surface area contributed by atoms with Gasteiger partial charge in [-0.05, 0) is 47.0 Å². The van der Waals surface area contributed by atoms with E-state index in [0.717, 1.165) is 21.6 Å². The van der Waals surface area contributed by atoms with Gasteiger partial charge in [0.1, 0.15) is 24.7 Å². The lowest BCUT2D eigenvalue weighted by atomic mass is 9.84. The van der Waals surface area contributed by atoms with E-state index in [-0.39, 0.29) is 25.0 Å². The summed E-state index contributed by atoms with van der Waals surface area (Å²) in [6.07, 6.45) is 7.27. The Morgan fingerprint density at radius 1 is 0.732 bits per heavy atom. The largest absolute Gasteiger partial charge is 0.487 e. The molecule has 206 valence electrons. The average Bonchev–Trinajstić information content (AvgIpc) is 3.50. The summed E-state index contributed by atoms with van der Waals surface area (Å²) in [5, 5.41) is 10.4. The molecule has 3 amide bonds. The van der Waals surface area contributed by atoms with E-state index in [1.807, 2.05) is 54.6 Å². The zero-order valence-corrected chi connectivity index (χ0v) is 22.2. The number of carbonyl (C=O) groups is 3. The Balaban J connectivity index is 1.63. The van der Waals surface area contributed by atoms with Gasteiger partial charge in [0.25, 0.3) is 17.7 Å². The van der Waals surface area contributed by atoms with Gasteiger partial charge in [-0.2, -0.15) is 0 Å². The number of ether oxygens (including phenoxy) is 2. The fourth-order valence-corrected chi connectivity index (χ4v) is 4.92. The van der Waals surface area contributed by atoms with Gasteiger partial charge in [-0.3, -0.25) is 19.3 Å². The number of carbonyl (C=O) groups excluding carboxylic acids is 3. The molecule has 1 N–H and O–H groups in total. The van der Waals surface area contributed by atoms with Crippen molar-refractivity contribution in [2.24, 2.45) is 0 Å². The second-order valence-corrected chi connectivity index (χ2v) is 9.32. The molecule has 8 nitrogen and oxygen atoms in total. The maximum absolute atomic E-state index is 12.5. The van der Waals surface area contributed by atoms with Crippen LogP contribution < -0.4 is 19.3 Å². The summed E-state index contributed by atoms with van der Waals surface area (Å²) in [6.45, 7) is 7.81. The molecule has 0 spiro atoms. The summed E-state index contributed by atoms with van der Waals surface area (Å²) >= 11 is 0. The van der Waals surface area contributed by atoms with E-state index in [9.17, 15) is 19.5 Å². The normalized spacial score (nSPS) is 16.8. The quantitative estimate of drug-likeness (QED) is 0.213. The molecule has 0 aromatic heterocycles. The molecule has 2 heterocycles. The summed E-state index contributed by atoms with van der Waals surface area (Å²) in [6, 6.07) is 20.6. The van der Waals surface area contributed by atoms with Crippen molar-refractivity contribution in [3.8, 4) is 11.5 Å². The van der Waals surface area contributed by atoms with E-state index >= 15 is 0 Å². The van der Waals surface area contributed by atoms with Gasteiger partial charge in [-0.1, -0.05) is 67.8 Å². The van der Waals surface area contributed by atoms with Crippen molar-refractivity contribution in [3.05, 3.63) is 133 Å². The number of rotatable bonds is 11. The molecule has 41 heavy (non-hydrogen) atoms. The Kier molecular flexibility index (Phi) is 7.94. The van der Waals surface area contributed by atoms with Crippen LogP contribution >= 0.6 is 0 Å². The molecule has 2 unspecified atom stereocenters. The minimum absolute atomic E-state index is 0.171. The van der Waals surface area contributed by atoms with Crippen LogP contribution in [0.2, 0.25) is 0 Å². The summed E-state index contributed by atoms with van der Waals surface area (Å²) in [7, 11) is 0. The summed E-state index contributed by atoms with van der Waals surface area (Å²) in [5.41, 5.74) is 3.39. The zero-order chi connectivity index (χ0) is 28.9. The van der Waals surface area contributed by atoms with Gasteiger partial charge in [-0.25, -0.2) is 4.90 Å². The van der Waals surface area contributed by atoms with Gasteiger partial charge in [0.15, 0.2) is 6.23 Å². The van der Waals surface area contributed by atoms with Gasteiger partial charge in [-0.15, -0.1) is 0 Å². The number of benzene rings is 3. The number of amides is 3. The van der Waals surface area contributed by atoms with Crippen LogP contribution in [0.25, 0.3) is 0 Å². The summed E-state index contributed by atoms with van der Waals surface area (Å²) in [4.78, 5) is 39.7. The highest BCUT2D eigenvalue weighted by atomic mass is 16.5. The lowest BCUT2D eigenvalue weighted by molar-refractivity contribution is -0.120. The third kappa shape index (κ3) is 5.46. The van der Waals surface area contributed by atoms with Crippen LogP contribution in [-0.4, -0.2) is 42.3 Å². The van der Waals surface area contributed by atoms with Crippen LogP contribution in [0.1, 0.15) is 22.6 Å². The SMILES string of the molecule is C=CCOc1cc(C(c2ccccc2)c2ccc(N3C(=O)C=CC3O)c(OCC=C)c2)ccc1N1C(=O)C=CC1=O. The van der Waals surface area contributed by atoms with E-state index < -0.39 is 18.0 Å². The highest BCUT2D eigenvalue weighted by Crippen LogP contribution is 2.41. The Hall–Kier alpha value is -5.21. The molecular weight excluding hydrogens is 520 g/mol. The van der Waals surface area contributed by atoms with Gasteiger partial charge in [0.05, 0.1) is 11.4 Å². The number of anilines is 2. The number of aliphatic hydroxyl groups is 1. The van der Waals surface area contributed by atoms with Gasteiger partial charge < -0.3 is 14.6 Å². The maximum atomic E-state index is 12.5. The first-order valence-corrected chi connectivity index (χ1v) is 13.0. The smallest absolute Gasteiger partial charge is 0.258 e. The Morgan fingerprint density at radius 3 is 1.83 bits per heavy atom. The van der Waals surface area contributed by atoms with Crippen LogP contribution in [0.15, 0.2) is 116 Å². The van der Waals surface area contributed by atoms with Crippen molar-refractivity contribution in [3.63, 3.8) is 0 Å². The third-order valence-electron chi connectivity index (χ3n) is 6.70. The molecule has 8 heteroatoms. The lowest BCUT2D eigenvalue weighted by Gasteiger charge is -2.26. The van der Waals surface area contributed by atoms with Gasteiger partial charge >= 0.3 is 0 Å². The number of aliphatic hydroxyl groups excluding tert-OH is 1. The summed E-state index contributed by atoms with van der Waals surface area (Å²) in [5.74, 6) is -0.814. The Morgan fingerprint density at radius 2 is 1.29 bits per heavy atom. The third-order valence-corrected chi connectivity index (χ3v) is 6.70. The molecule has 2 aliphatic heterocycles. The molecule has 0 bridgehead atoms. The van der Waals surface area contributed by atoms with E-state index in [2.05, 4.69) is 13.2 Å². The minimum atomic E-state index is -1.10. The van der Waals surface area contributed by atoms with Crippen LogP contribution in [0.4, 0.5) is 11.4 Å². The molecule has 0 aliphatic carbocycles. The first-order chi connectivity index (χ1) is 19.9. The van der Waals surface area contributed by atoms with Crippen molar-refractivity contribution in [1.82, 2.24) is 0 Å². The van der Waals surface area contributed by atoms with Crippen LogP contribution in [0, 0.1) is 0 Å². The fourth-order valence-electron chi connectivity index (χ4n) is 4.92. The first-order valence-electron chi connectivity index (χ1n) is 13.0. The van der Waals surface area contributed by atoms with Crippen molar-refractivity contribution >= 4 is 29.1 Å². The van der Waals surface area contributed by atoms with Crippen LogP contribution in [0.5, 0.6) is 11.5 Å². The van der Waals surface area contributed by atoms with Crippen molar-refractivity contribution < 1.29 is 29.0 Å². The highest BCUT2D eigenvalue weighted by molar-refractivity contribution is 6.28. The number of nitrogens with zero attached hydrogens (tertiary/aromatic N) is 2. The first kappa shape index (κ1) is 27.4. The molecule has 3 aromatic rings. The molecule has 5 rings (SSSR count). The van der Waals surface area contributed by atoms with Crippen LogP contribution in [0.3, 0.4) is 0 Å². The molecular formula is C33H28N2O6. The van der Waals surface area contributed by atoms with Gasteiger partial charge in [0.2, 0.25) is 0 Å². The van der Waals surface area contributed by atoms with Crippen molar-refractivity contribution in [2.45, 2.75) is 12.1 Å². The highest BCUT2D eigenvalue weighted by Gasteiger charge is 2.31. The van der Waals surface area contributed by atoms with E-state index in [0.29, 0.717) is 22.9 Å². The molecule has 2 atom stereocenters. The zero-order valence-electron chi connectivity index (χ0n) is 22.2. The standard InChI is InChI=1S/C33H28N2O6/c1-3-18-40-27-20-23(10-12-25(27)34-29(36)14-15-30(34)37)33(22-8-6-5-7-9-22)24-11-13-26(28(21-24)41-19-4-2)35-31(38)16-17-32(35)39/h3-17,20-21,29,33,36H,1-2,18-19H2. The molecule has 0 fully saturated rings. The summed E-state index contributed by atoms with van der Waals surface area (Å²) < 4.78 is 11.9. The maximum Gasteiger partial charge on any atom is 0.258 e. The van der Waals surface area contributed by atoms with E-state index in [1.54, 1.807) is 24.3 Å². The second-order valence-electron chi connectivity index (χ2n) is 9.32. The monoisotopic (exact) mass is 548 g/mol. The predicted octanol–water partition coefficient (Wildman–Crippen LogP) is 4.65. The van der Waals surface area contributed by atoms with Crippen LogP contribution in [-0.2, 0) is 14.4 Å². The number of imide groups is 1. The molecule has 0 saturated carbocycles.